The fourth-order valence-electron chi connectivity index (χ4n) is 2.89. The van der Waals surface area contributed by atoms with Crippen molar-refractivity contribution in [2.45, 2.75) is 38.3 Å². The second kappa shape index (κ2) is 6.34. The van der Waals surface area contributed by atoms with Crippen molar-refractivity contribution in [1.29, 1.82) is 0 Å². The molecule has 1 fully saturated rings. The molecule has 0 spiro atoms. The molecule has 1 aliphatic heterocycles. The molecule has 1 aliphatic rings. The van der Waals surface area contributed by atoms with Gasteiger partial charge in [0.15, 0.2) is 0 Å². The van der Waals surface area contributed by atoms with Gasteiger partial charge in [-0.3, -0.25) is 4.90 Å². The van der Waals surface area contributed by atoms with Crippen LogP contribution in [0.15, 0.2) is 24.3 Å². The quantitative estimate of drug-likeness (QED) is 0.933. The third-order valence-electron chi connectivity index (χ3n) is 3.71. The number of rotatable bonds is 3. The first-order valence-corrected chi connectivity index (χ1v) is 7.08. The van der Waals surface area contributed by atoms with Gasteiger partial charge in [-0.25, -0.2) is 0 Å². The monoisotopic (exact) mass is 302 g/mol. The summed E-state index contributed by atoms with van der Waals surface area (Å²) >= 11 is 0. The molecular weight excluding hydrogens is 281 g/mol. The van der Waals surface area contributed by atoms with Gasteiger partial charge in [0, 0.05) is 25.7 Å². The molecule has 2 rings (SSSR count). The highest BCUT2D eigenvalue weighted by molar-refractivity contribution is 5.28. The summed E-state index contributed by atoms with van der Waals surface area (Å²) in [6.45, 7) is 5.54. The van der Waals surface area contributed by atoms with Crippen molar-refractivity contribution in [3.8, 4) is 0 Å². The number of hydrogen-bond acceptors (Lipinski definition) is 3. The highest BCUT2D eigenvalue weighted by Crippen LogP contribution is 2.32. The number of hydrogen-bond donors (Lipinski definition) is 1. The van der Waals surface area contributed by atoms with E-state index < -0.39 is 11.7 Å². The number of alkyl halides is 3. The topological polar surface area (TPSA) is 38.5 Å². The first kappa shape index (κ1) is 16.3. The smallest absolute Gasteiger partial charge is 0.373 e. The Hall–Kier alpha value is -1.11. The molecule has 118 valence electrons. The van der Waals surface area contributed by atoms with Crippen LogP contribution in [-0.4, -0.2) is 36.7 Å². The fraction of sp³-hybridized carbons (Fsp3) is 0.600. The summed E-state index contributed by atoms with van der Waals surface area (Å²) in [6, 6.07) is 5.21. The Morgan fingerprint density at radius 1 is 1.29 bits per heavy atom. The van der Waals surface area contributed by atoms with E-state index in [0.29, 0.717) is 18.7 Å². The number of ether oxygens (including phenoxy) is 1. The Balaban J connectivity index is 2.25. The third-order valence-corrected chi connectivity index (χ3v) is 3.71. The van der Waals surface area contributed by atoms with Gasteiger partial charge in [0.05, 0.1) is 17.8 Å². The highest BCUT2D eigenvalue weighted by atomic mass is 19.4. The van der Waals surface area contributed by atoms with E-state index in [0.717, 1.165) is 6.07 Å². The minimum Gasteiger partial charge on any atom is -0.373 e. The summed E-state index contributed by atoms with van der Waals surface area (Å²) in [5.74, 6) is 0. The zero-order valence-electron chi connectivity index (χ0n) is 12.2. The maximum Gasteiger partial charge on any atom is 0.416 e. The van der Waals surface area contributed by atoms with Crippen LogP contribution in [0.3, 0.4) is 0 Å². The van der Waals surface area contributed by atoms with Gasteiger partial charge in [0.2, 0.25) is 0 Å². The Labute approximate surface area is 122 Å². The van der Waals surface area contributed by atoms with Gasteiger partial charge in [0.1, 0.15) is 0 Å². The predicted molar refractivity (Wildman–Crippen MR) is 74.8 cm³/mol. The molecule has 0 aliphatic carbocycles. The molecule has 0 bridgehead atoms. The Bertz CT molecular complexity index is 468. The first-order chi connectivity index (χ1) is 9.81. The van der Waals surface area contributed by atoms with Gasteiger partial charge < -0.3 is 10.5 Å². The molecule has 1 heterocycles. The van der Waals surface area contributed by atoms with Crippen molar-refractivity contribution in [3.63, 3.8) is 0 Å². The molecule has 1 saturated heterocycles. The van der Waals surface area contributed by atoms with Crippen LogP contribution in [0.5, 0.6) is 0 Å². The van der Waals surface area contributed by atoms with E-state index in [1.807, 2.05) is 13.8 Å². The maximum absolute atomic E-state index is 12.8. The SMILES string of the molecule is CC1CN(C(CN)c2cccc(C(F)(F)F)c2)CC(C)O1. The van der Waals surface area contributed by atoms with Crippen molar-refractivity contribution >= 4 is 0 Å². The summed E-state index contributed by atoms with van der Waals surface area (Å²) in [5, 5.41) is 0. The highest BCUT2D eigenvalue weighted by Gasteiger charge is 2.32. The largest absolute Gasteiger partial charge is 0.416 e. The zero-order chi connectivity index (χ0) is 15.6. The molecule has 0 amide bonds. The van der Waals surface area contributed by atoms with Crippen LogP contribution < -0.4 is 5.73 Å². The lowest BCUT2D eigenvalue weighted by Crippen LogP contribution is -2.48. The predicted octanol–water partition coefficient (Wildman–Crippen LogP) is 2.81. The minimum atomic E-state index is -4.33. The Morgan fingerprint density at radius 2 is 1.90 bits per heavy atom. The second-order valence-corrected chi connectivity index (χ2v) is 5.59. The van der Waals surface area contributed by atoms with Gasteiger partial charge in [-0.15, -0.1) is 0 Å². The van der Waals surface area contributed by atoms with Crippen LogP contribution in [0.2, 0.25) is 0 Å². The molecule has 0 saturated carbocycles. The third kappa shape index (κ3) is 3.96. The van der Waals surface area contributed by atoms with Crippen LogP contribution >= 0.6 is 0 Å². The fourth-order valence-corrected chi connectivity index (χ4v) is 2.89. The normalized spacial score (nSPS) is 25.8. The van der Waals surface area contributed by atoms with Crippen LogP contribution in [0.1, 0.15) is 31.0 Å². The van der Waals surface area contributed by atoms with Crippen molar-refractivity contribution in [1.82, 2.24) is 4.90 Å². The number of nitrogens with two attached hydrogens (primary N) is 1. The molecule has 3 nitrogen and oxygen atoms in total. The van der Waals surface area contributed by atoms with E-state index in [-0.39, 0.29) is 24.8 Å². The van der Waals surface area contributed by atoms with Crippen LogP contribution in [0.25, 0.3) is 0 Å². The number of nitrogens with zero attached hydrogens (tertiary/aromatic N) is 1. The van der Waals surface area contributed by atoms with Gasteiger partial charge in [0.25, 0.3) is 0 Å². The standard InChI is InChI=1S/C15H21F3N2O/c1-10-8-20(9-11(2)21-10)14(7-19)12-4-3-5-13(6-12)15(16,17)18/h3-6,10-11,14H,7-9,19H2,1-2H3. The maximum atomic E-state index is 12.8. The van der Waals surface area contributed by atoms with Crippen molar-refractivity contribution in [2.75, 3.05) is 19.6 Å². The van der Waals surface area contributed by atoms with E-state index in [9.17, 15) is 13.2 Å². The summed E-state index contributed by atoms with van der Waals surface area (Å²) in [6.07, 6.45) is -4.23. The molecule has 3 atom stereocenters. The van der Waals surface area contributed by atoms with E-state index >= 15 is 0 Å². The molecule has 1 aromatic rings. The van der Waals surface area contributed by atoms with Gasteiger partial charge in [-0.2, -0.15) is 13.2 Å². The average molecular weight is 302 g/mol. The van der Waals surface area contributed by atoms with Crippen LogP contribution in [0.4, 0.5) is 13.2 Å². The zero-order valence-corrected chi connectivity index (χ0v) is 12.2. The van der Waals surface area contributed by atoms with Crippen molar-refractivity contribution < 1.29 is 17.9 Å². The Morgan fingerprint density at radius 3 is 2.43 bits per heavy atom. The molecule has 6 heteroatoms. The number of halogens is 3. The van der Waals surface area contributed by atoms with Crippen molar-refractivity contribution in [2.24, 2.45) is 5.73 Å². The van der Waals surface area contributed by atoms with E-state index in [2.05, 4.69) is 4.90 Å². The van der Waals surface area contributed by atoms with Gasteiger partial charge in [-0.05, 0) is 31.5 Å². The van der Waals surface area contributed by atoms with Crippen LogP contribution in [0, 0.1) is 0 Å². The molecule has 3 unspecified atom stereocenters. The van der Waals surface area contributed by atoms with E-state index in [1.54, 1.807) is 6.07 Å². The van der Waals surface area contributed by atoms with E-state index in [4.69, 9.17) is 10.5 Å². The molecule has 0 aromatic heterocycles. The first-order valence-electron chi connectivity index (χ1n) is 7.08. The lowest BCUT2D eigenvalue weighted by molar-refractivity contribution is -0.137. The van der Waals surface area contributed by atoms with E-state index in [1.165, 1.54) is 12.1 Å². The molecule has 1 aromatic carbocycles. The van der Waals surface area contributed by atoms with Gasteiger partial charge >= 0.3 is 6.18 Å². The molecular formula is C15H21F3N2O. The van der Waals surface area contributed by atoms with Gasteiger partial charge in [-0.1, -0.05) is 12.1 Å². The average Bonchev–Trinajstić information content (AvgIpc) is 2.38. The lowest BCUT2D eigenvalue weighted by atomic mass is 10.0. The molecule has 2 N–H and O–H groups in total. The summed E-state index contributed by atoms with van der Waals surface area (Å²) in [5.41, 5.74) is 5.80. The number of benzene rings is 1. The minimum absolute atomic E-state index is 0.0496. The second-order valence-electron chi connectivity index (χ2n) is 5.59. The molecule has 21 heavy (non-hydrogen) atoms. The summed E-state index contributed by atoms with van der Waals surface area (Å²) in [4.78, 5) is 2.11. The lowest BCUT2D eigenvalue weighted by Gasteiger charge is -2.40. The summed E-state index contributed by atoms with van der Waals surface area (Å²) < 4.78 is 44.2. The Kier molecular flexibility index (Phi) is 4.91. The molecule has 0 radical (unpaired) electrons. The van der Waals surface area contributed by atoms with Crippen LogP contribution in [-0.2, 0) is 10.9 Å². The number of morpholine rings is 1. The van der Waals surface area contributed by atoms with Crippen molar-refractivity contribution in [3.05, 3.63) is 35.4 Å². The summed E-state index contributed by atoms with van der Waals surface area (Å²) in [7, 11) is 0.